The average molecular weight is 706 g/mol. The molecule has 9 heteroatoms. The van der Waals surface area contributed by atoms with Gasteiger partial charge in [0, 0.05) is 49.9 Å². The molecule has 0 atom stereocenters. The SMILES string of the molecule is Cc1ccnc(-c2[c-]ccc(CN)c2)c1.Cc1ccnc(-n2cccn2)c1.Cc1ccnc(-n2cccn2)c1.[Os+]. The molecule has 6 rings (SSSR count). The minimum absolute atomic E-state index is 0. The first kappa shape index (κ1) is 30.2. The number of aromatic nitrogens is 7. The average Bonchev–Trinajstić information content (AvgIpc) is 3.69. The van der Waals surface area contributed by atoms with Gasteiger partial charge in [-0.1, -0.05) is 11.6 Å². The summed E-state index contributed by atoms with van der Waals surface area (Å²) in [6.45, 7) is 6.68. The molecule has 1 radical (unpaired) electrons. The summed E-state index contributed by atoms with van der Waals surface area (Å²) >= 11 is 0. The van der Waals surface area contributed by atoms with Crippen molar-refractivity contribution >= 4 is 0 Å². The number of aryl methyl sites for hydroxylation is 3. The summed E-state index contributed by atoms with van der Waals surface area (Å²) in [6, 6.07) is 24.8. The van der Waals surface area contributed by atoms with Crippen molar-refractivity contribution in [1.29, 1.82) is 0 Å². The Hall–Kier alpha value is -4.31. The van der Waals surface area contributed by atoms with Crippen LogP contribution in [0, 0.1) is 26.8 Å². The van der Waals surface area contributed by atoms with Crippen LogP contribution in [0.1, 0.15) is 22.3 Å². The minimum Gasteiger partial charge on any atom is -0.328 e. The molecule has 0 spiro atoms. The number of pyridine rings is 3. The van der Waals surface area contributed by atoms with E-state index < -0.39 is 0 Å². The van der Waals surface area contributed by atoms with Crippen molar-refractivity contribution in [2.24, 2.45) is 5.73 Å². The van der Waals surface area contributed by atoms with Crippen LogP contribution in [-0.4, -0.2) is 34.5 Å². The van der Waals surface area contributed by atoms with Crippen LogP contribution in [0.15, 0.2) is 110 Å². The fourth-order valence-electron chi connectivity index (χ4n) is 3.57. The number of nitrogens with zero attached hydrogens (tertiary/aromatic N) is 7. The molecule has 5 aromatic heterocycles. The molecule has 0 amide bonds. The second-order valence-corrected chi connectivity index (χ2v) is 8.82. The van der Waals surface area contributed by atoms with E-state index in [2.05, 4.69) is 38.1 Å². The Balaban J connectivity index is 0.000000165. The topological polar surface area (TPSA) is 100 Å². The third-order valence-electron chi connectivity index (χ3n) is 5.57. The monoisotopic (exact) mass is 707 g/mol. The number of nitrogens with two attached hydrogens (primary N) is 1. The summed E-state index contributed by atoms with van der Waals surface area (Å²) in [5.74, 6) is 1.72. The molecule has 0 aliphatic carbocycles. The minimum atomic E-state index is 0. The van der Waals surface area contributed by atoms with Crippen molar-refractivity contribution in [3.05, 3.63) is 138 Å². The van der Waals surface area contributed by atoms with Crippen LogP contribution in [0.2, 0.25) is 0 Å². The van der Waals surface area contributed by atoms with E-state index in [1.807, 2.05) is 99.2 Å². The standard InChI is InChI=1S/C13H13N2.2C9H9N3.Os/c1-10-5-6-15-13(7-10)12-4-2-3-11(8-12)9-14;2*1-8-3-5-10-9(7-8)12-6-2-4-11-12;/h2-3,5-8H,9,14H2,1H3;2*2-7H,1H3;/q-1;;;+1. The molecular weight excluding hydrogens is 675 g/mol. The van der Waals surface area contributed by atoms with Gasteiger partial charge in [0.15, 0.2) is 11.6 Å². The molecule has 0 aliphatic rings. The summed E-state index contributed by atoms with van der Waals surface area (Å²) in [5, 5.41) is 8.16. The molecule has 0 fully saturated rings. The molecule has 1 aromatic carbocycles. The van der Waals surface area contributed by atoms with Crippen LogP contribution in [0.25, 0.3) is 22.9 Å². The van der Waals surface area contributed by atoms with Gasteiger partial charge in [0.05, 0.1) is 0 Å². The van der Waals surface area contributed by atoms with E-state index in [-0.39, 0.29) is 19.8 Å². The Labute approximate surface area is 248 Å². The first-order chi connectivity index (χ1) is 19.0. The van der Waals surface area contributed by atoms with Gasteiger partial charge in [-0.05, 0) is 80.1 Å². The Morgan fingerprint density at radius 1 is 0.675 bits per heavy atom. The predicted octanol–water partition coefficient (Wildman–Crippen LogP) is 5.46. The maximum atomic E-state index is 5.59. The van der Waals surface area contributed by atoms with Gasteiger partial charge in [-0.15, -0.1) is 35.4 Å². The van der Waals surface area contributed by atoms with Crippen LogP contribution in [-0.2, 0) is 26.3 Å². The number of benzene rings is 1. The molecule has 2 N–H and O–H groups in total. The van der Waals surface area contributed by atoms with Crippen molar-refractivity contribution in [3.63, 3.8) is 0 Å². The van der Waals surface area contributed by atoms with Gasteiger partial charge in [-0.2, -0.15) is 10.2 Å². The van der Waals surface area contributed by atoms with Crippen LogP contribution >= 0.6 is 0 Å². The van der Waals surface area contributed by atoms with E-state index in [9.17, 15) is 0 Å². The second-order valence-electron chi connectivity index (χ2n) is 8.82. The molecule has 0 saturated heterocycles. The van der Waals surface area contributed by atoms with Crippen LogP contribution < -0.4 is 5.73 Å². The van der Waals surface area contributed by atoms with Crippen LogP contribution in [0.5, 0.6) is 0 Å². The third kappa shape index (κ3) is 8.87. The van der Waals surface area contributed by atoms with Crippen molar-refractivity contribution in [2.75, 3.05) is 0 Å². The van der Waals surface area contributed by atoms with Crippen molar-refractivity contribution in [2.45, 2.75) is 27.3 Å². The molecule has 8 nitrogen and oxygen atoms in total. The first-order valence-electron chi connectivity index (χ1n) is 12.5. The van der Waals surface area contributed by atoms with Crippen LogP contribution in [0.3, 0.4) is 0 Å². The number of hydrogen-bond donors (Lipinski definition) is 1. The maximum absolute atomic E-state index is 5.59. The molecule has 40 heavy (non-hydrogen) atoms. The normalized spacial score (nSPS) is 9.90. The fourth-order valence-corrected chi connectivity index (χ4v) is 3.57. The quantitative estimate of drug-likeness (QED) is 0.245. The second kappa shape index (κ2) is 15.3. The third-order valence-corrected chi connectivity index (χ3v) is 5.57. The van der Waals surface area contributed by atoms with Gasteiger partial charge in [0.2, 0.25) is 0 Å². The van der Waals surface area contributed by atoms with Gasteiger partial charge in [0.25, 0.3) is 0 Å². The summed E-state index contributed by atoms with van der Waals surface area (Å²) in [4.78, 5) is 12.7. The van der Waals surface area contributed by atoms with Gasteiger partial charge >= 0.3 is 19.8 Å². The van der Waals surface area contributed by atoms with Gasteiger partial charge < -0.3 is 10.7 Å². The Morgan fingerprint density at radius 2 is 1.20 bits per heavy atom. The van der Waals surface area contributed by atoms with Crippen molar-refractivity contribution < 1.29 is 19.8 Å². The molecule has 6 aromatic rings. The summed E-state index contributed by atoms with van der Waals surface area (Å²) in [5.41, 5.74) is 12.2. The molecule has 0 saturated carbocycles. The zero-order chi connectivity index (χ0) is 27.5. The molecule has 5 heterocycles. The summed E-state index contributed by atoms with van der Waals surface area (Å²) in [7, 11) is 0. The van der Waals surface area contributed by atoms with E-state index in [4.69, 9.17) is 5.73 Å². The Kier molecular flexibility index (Phi) is 11.6. The molecule has 0 aliphatic heterocycles. The van der Waals surface area contributed by atoms with Crippen molar-refractivity contribution in [3.8, 4) is 22.9 Å². The van der Waals surface area contributed by atoms with E-state index in [1.54, 1.807) is 34.2 Å². The van der Waals surface area contributed by atoms with Gasteiger partial charge in [0.1, 0.15) is 0 Å². The summed E-state index contributed by atoms with van der Waals surface area (Å²) < 4.78 is 3.49. The van der Waals surface area contributed by atoms with Crippen molar-refractivity contribution in [1.82, 2.24) is 34.5 Å². The molecule has 0 bridgehead atoms. The number of hydrogen-bond acceptors (Lipinski definition) is 6. The van der Waals surface area contributed by atoms with E-state index >= 15 is 0 Å². The predicted molar refractivity (Wildman–Crippen MR) is 153 cm³/mol. The largest absolute Gasteiger partial charge is 1.00 e. The van der Waals surface area contributed by atoms with E-state index in [1.165, 1.54) is 16.7 Å². The zero-order valence-corrected chi connectivity index (χ0v) is 25.2. The Morgan fingerprint density at radius 3 is 1.65 bits per heavy atom. The first-order valence-corrected chi connectivity index (χ1v) is 12.5. The smallest absolute Gasteiger partial charge is 0.328 e. The fraction of sp³-hybridized carbons (Fsp3) is 0.129. The Bertz CT molecular complexity index is 1510. The van der Waals surface area contributed by atoms with Gasteiger partial charge in [-0.3, -0.25) is 0 Å². The number of rotatable bonds is 4. The molecular formula is C31H31N8Os. The van der Waals surface area contributed by atoms with Gasteiger partial charge in [-0.25, -0.2) is 19.3 Å². The van der Waals surface area contributed by atoms with E-state index in [0.29, 0.717) is 6.54 Å². The van der Waals surface area contributed by atoms with Crippen LogP contribution in [0.4, 0.5) is 0 Å². The molecule has 203 valence electrons. The summed E-state index contributed by atoms with van der Waals surface area (Å²) in [6.07, 6.45) is 12.6. The maximum Gasteiger partial charge on any atom is 1.00 e. The molecule has 0 unspecified atom stereocenters. The zero-order valence-electron chi connectivity index (χ0n) is 22.7. The van der Waals surface area contributed by atoms with E-state index in [0.717, 1.165) is 28.5 Å².